The zero-order valence-corrected chi connectivity index (χ0v) is 14.6. The van der Waals surface area contributed by atoms with Crippen molar-refractivity contribution >= 4 is 28.2 Å². The Labute approximate surface area is 156 Å². The number of pyridine rings is 1. The Kier molecular flexibility index (Phi) is 3.70. The summed E-state index contributed by atoms with van der Waals surface area (Å²) in [4.78, 5) is 18.6. The van der Waals surface area contributed by atoms with E-state index in [1.165, 1.54) is 6.07 Å². The number of anilines is 2. The van der Waals surface area contributed by atoms with Crippen molar-refractivity contribution in [1.29, 1.82) is 0 Å². The lowest BCUT2D eigenvalue weighted by atomic mass is 10.1. The fraction of sp³-hybridized carbons (Fsp3) is 0.238. The maximum absolute atomic E-state index is 13.9. The summed E-state index contributed by atoms with van der Waals surface area (Å²) in [6.07, 6.45) is 3.50. The molecule has 2 fully saturated rings. The Morgan fingerprint density at radius 3 is 2.70 bits per heavy atom. The normalized spacial score (nSPS) is 23.1. The van der Waals surface area contributed by atoms with Crippen LogP contribution in [0.5, 0.6) is 0 Å². The minimum atomic E-state index is -0.198. The maximum Gasteiger partial charge on any atom is 0.319 e. The number of hydrogen-bond donors (Lipinski definition) is 2. The molecule has 27 heavy (non-hydrogen) atoms. The summed E-state index contributed by atoms with van der Waals surface area (Å²) in [7, 11) is 0. The molecule has 2 unspecified atom stereocenters. The number of rotatable bonds is 3. The lowest BCUT2D eigenvalue weighted by molar-refractivity contribution is 0.250. The molecule has 1 aliphatic carbocycles. The molecule has 2 aromatic carbocycles. The molecule has 5 nitrogen and oxygen atoms in total. The van der Waals surface area contributed by atoms with Gasteiger partial charge in [0.05, 0.1) is 11.4 Å². The van der Waals surface area contributed by atoms with Gasteiger partial charge in [-0.3, -0.25) is 4.98 Å². The van der Waals surface area contributed by atoms with Crippen molar-refractivity contribution in [3.8, 4) is 0 Å². The van der Waals surface area contributed by atoms with Crippen LogP contribution in [-0.2, 0) is 0 Å². The number of hydrogen-bond acceptors (Lipinski definition) is 3. The van der Waals surface area contributed by atoms with Crippen LogP contribution in [0.2, 0.25) is 0 Å². The van der Waals surface area contributed by atoms with E-state index in [0.29, 0.717) is 17.5 Å². The highest BCUT2D eigenvalue weighted by Crippen LogP contribution is 2.47. The summed E-state index contributed by atoms with van der Waals surface area (Å²) in [5.41, 5.74) is 1.42. The van der Waals surface area contributed by atoms with Gasteiger partial charge in [-0.15, -0.1) is 0 Å². The highest BCUT2D eigenvalue weighted by molar-refractivity contribution is 6.01. The lowest BCUT2D eigenvalue weighted by Gasteiger charge is -2.22. The summed E-state index contributed by atoms with van der Waals surface area (Å²) >= 11 is 0. The average Bonchev–Trinajstić information content (AvgIpc) is 3.11. The first kappa shape index (κ1) is 16.1. The standard InChI is InChI=1S/C21H19FN4O/c22-17-5-1-2-7-19(17)26-11-15-16(12-26)20(15)25-21(27)24-18-6-3-4-13-10-23-9-8-14(13)18/h1-10,15-16,20H,11-12H2,(H2,24,25,27). The van der Waals surface area contributed by atoms with Crippen LogP contribution in [0.15, 0.2) is 60.9 Å². The van der Waals surface area contributed by atoms with Crippen LogP contribution in [0.4, 0.5) is 20.6 Å². The van der Waals surface area contributed by atoms with Gasteiger partial charge in [-0.05, 0) is 24.3 Å². The van der Waals surface area contributed by atoms with Crippen molar-refractivity contribution in [3.05, 3.63) is 66.7 Å². The number of halogens is 1. The average molecular weight is 362 g/mol. The number of para-hydroxylation sites is 1. The van der Waals surface area contributed by atoms with E-state index in [2.05, 4.69) is 20.5 Å². The van der Waals surface area contributed by atoms with Gasteiger partial charge in [0, 0.05) is 54.1 Å². The first-order chi connectivity index (χ1) is 13.2. The molecule has 1 saturated carbocycles. The number of piperidine rings is 1. The van der Waals surface area contributed by atoms with Crippen molar-refractivity contribution in [1.82, 2.24) is 10.3 Å². The van der Waals surface area contributed by atoms with Gasteiger partial charge in [-0.2, -0.15) is 0 Å². The van der Waals surface area contributed by atoms with E-state index in [9.17, 15) is 9.18 Å². The quantitative estimate of drug-likeness (QED) is 0.748. The van der Waals surface area contributed by atoms with Crippen LogP contribution < -0.4 is 15.5 Å². The zero-order valence-electron chi connectivity index (χ0n) is 14.6. The second-order valence-corrected chi connectivity index (χ2v) is 7.21. The molecule has 2 atom stereocenters. The van der Waals surface area contributed by atoms with Crippen LogP contribution in [0, 0.1) is 17.7 Å². The van der Waals surface area contributed by atoms with Crippen molar-refractivity contribution in [3.63, 3.8) is 0 Å². The summed E-state index contributed by atoms with van der Waals surface area (Å²) < 4.78 is 13.9. The largest absolute Gasteiger partial charge is 0.368 e. The van der Waals surface area contributed by atoms with Crippen molar-refractivity contribution < 1.29 is 9.18 Å². The molecule has 1 aliphatic heterocycles. The molecule has 0 bridgehead atoms. The minimum absolute atomic E-state index is 0.157. The van der Waals surface area contributed by atoms with Crippen LogP contribution in [0.3, 0.4) is 0 Å². The molecule has 0 spiro atoms. The van der Waals surface area contributed by atoms with Gasteiger partial charge in [0.25, 0.3) is 0 Å². The Balaban J connectivity index is 1.21. The maximum atomic E-state index is 13.9. The van der Waals surface area contributed by atoms with Crippen LogP contribution in [-0.4, -0.2) is 30.1 Å². The van der Waals surface area contributed by atoms with E-state index in [-0.39, 0.29) is 17.9 Å². The van der Waals surface area contributed by atoms with Gasteiger partial charge < -0.3 is 15.5 Å². The Bertz CT molecular complexity index is 1010. The number of benzene rings is 2. The van der Waals surface area contributed by atoms with E-state index in [0.717, 1.165) is 29.5 Å². The number of urea groups is 1. The Morgan fingerprint density at radius 1 is 1.07 bits per heavy atom. The molecule has 1 saturated heterocycles. The third-order valence-electron chi connectivity index (χ3n) is 5.61. The molecule has 6 heteroatoms. The first-order valence-corrected chi connectivity index (χ1v) is 9.10. The third kappa shape index (κ3) is 2.87. The van der Waals surface area contributed by atoms with Gasteiger partial charge in [0.15, 0.2) is 0 Å². The third-order valence-corrected chi connectivity index (χ3v) is 5.61. The summed E-state index contributed by atoms with van der Waals surface area (Å²) in [5, 5.41) is 7.96. The van der Waals surface area contributed by atoms with Gasteiger partial charge in [0.1, 0.15) is 5.82 Å². The number of nitrogens with zero attached hydrogens (tertiary/aromatic N) is 2. The van der Waals surface area contributed by atoms with Gasteiger partial charge in [0.2, 0.25) is 0 Å². The van der Waals surface area contributed by atoms with Crippen molar-refractivity contribution in [2.24, 2.45) is 11.8 Å². The molecule has 2 amide bonds. The molecule has 5 rings (SSSR count). The molecule has 136 valence electrons. The lowest BCUT2D eigenvalue weighted by Crippen LogP contribution is -2.37. The SMILES string of the molecule is O=C(Nc1cccc2cnccc12)NC1C2CN(c3ccccc3F)CC21. The van der Waals surface area contributed by atoms with E-state index in [1.807, 2.05) is 36.4 Å². The topological polar surface area (TPSA) is 57.3 Å². The molecular weight excluding hydrogens is 343 g/mol. The fourth-order valence-electron chi connectivity index (χ4n) is 4.19. The summed E-state index contributed by atoms with van der Waals surface area (Å²) in [6, 6.07) is 14.5. The summed E-state index contributed by atoms with van der Waals surface area (Å²) in [5.74, 6) is 0.575. The van der Waals surface area contributed by atoms with Gasteiger partial charge in [-0.1, -0.05) is 24.3 Å². The molecular formula is C21H19FN4O. The zero-order chi connectivity index (χ0) is 18.4. The number of carbonyl (C=O) groups excluding carboxylic acids is 1. The number of nitrogens with one attached hydrogen (secondary N) is 2. The van der Waals surface area contributed by atoms with Gasteiger partial charge in [-0.25, -0.2) is 9.18 Å². The molecule has 0 radical (unpaired) electrons. The molecule has 2 aliphatic rings. The number of fused-ring (bicyclic) bond motifs is 2. The highest BCUT2D eigenvalue weighted by Gasteiger charge is 2.56. The monoisotopic (exact) mass is 362 g/mol. The van der Waals surface area contributed by atoms with Crippen LogP contribution in [0.25, 0.3) is 10.8 Å². The van der Waals surface area contributed by atoms with E-state index in [4.69, 9.17) is 0 Å². The number of amides is 2. The second-order valence-electron chi connectivity index (χ2n) is 7.21. The predicted molar refractivity (Wildman–Crippen MR) is 103 cm³/mol. The van der Waals surface area contributed by atoms with E-state index < -0.39 is 0 Å². The first-order valence-electron chi connectivity index (χ1n) is 9.10. The van der Waals surface area contributed by atoms with Crippen LogP contribution >= 0.6 is 0 Å². The molecule has 1 aromatic heterocycles. The number of carbonyl (C=O) groups is 1. The fourth-order valence-corrected chi connectivity index (χ4v) is 4.19. The Morgan fingerprint density at radius 2 is 1.89 bits per heavy atom. The predicted octanol–water partition coefficient (Wildman–Crippen LogP) is 3.63. The van der Waals surface area contributed by atoms with Crippen molar-refractivity contribution in [2.75, 3.05) is 23.3 Å². The van der Waals surface area contributed by atoms with Crippen LogP contribution in [0.1, 0.15) is 0 Å². The Hall–Kier alpha value is -3.15. The molecule has 3 aromatic rings. The van der Waals surface area contributed by atoms with E-state index in [1.54, 1.807) is 18.5 Å². The van der Waals surface area contributed by atoms with E-state index >= 15 is 0 Å². The number of aromatic nitrogens is 1. The molecule has 2 heterocycles. The minimum Gasteiger partial charge on any atom is -0.368 e. The smallest absolute Gasteiger partial charge is 0.319 e. The second kappa shape index (κ2) is 6.23. The summed E-state index contributed by atoms with van der Waals surface area (Å²) in [6.45, 7) is 1.55. The highest BCUT2D eigenvalue weighted by atomic mass is 19.1. The van der Waals surface area contributed by atoms with Gasteiger partial charge >= 0.3 is 6.03 Å². The molecule has 2 N–H and O–H groups in total. The van der Waals surface area contributed by atoms with Crippen molar-refractivity contribution in [2.45, 2.75) is 6.04 Å².